The molecule has 1 aliphatic heterocycles. The molecule has 30 heavy (non-hydrogen) atoms. The van der Waals surface area contributed by atoms with E-state index in [2.05, 4.69) is 20.7 Å². The van der Waals surface area contributed by atoms with Gasteiger partial charge in [0.15, 0.2) is 0 Å². The van der Waals surface area contributed by atoms with Gasteiger partial charge in [-0.25, -0.2) is 4.68 Å². The van der Waals surface area contributed by atoms with Gasteiger partial charge in [-0.15, -0.1) is 5.10 Å². The van der Waals surface area contributed by atoms with Crippen LogP contribution in [0.4, 0.5) is 11.9 Å². The second kappa shape index (κ2) is 8.73. The molecule has 2 aromatic carbocycles. The number of carbonyl (C=O) groups is 1. The van der Waals surface area contributed by atoms with Gasteiger partial charge in [-0.3, -0.25) is 10.1 Å². The van der Waals surface area contributed by atoms with Crippen molar-refractivity contribution in [1.29, 1.82) is 0 Å². The van der Waals surface area contributed by atoms with E-state index in [1.54, 1.807) is 11.8 Å². The van der Waals surface area contributed by atoms with E-state index in [4.69, 9.17) is 21.1 Å². The molecule has 1 aliphatic rings. The zero-order chi connectivity index (χ0) is 21.1. The minimum atomic E-state index is -0.310. The second-order valence-electron chi connectivity index (χ2n) is 6.96. The molecule has 156 valence electrons. The monoisotopic (exact) mass is 427 g/mol. The van der Waals surface area contributed by atoms with E-state index >= 15 is 0 Å². The summed E-state index contributed by atoms with van der Waals surface area (Å²) < 4.78 is 11.9. The number of rotatable bonds is 6. The van der Waals surface area contributed by atoms with Gasteiger partial charge < -0.3 is 14.8 Å². The molecule has 3 aromatic rings. The number of aromatic nitrogens is 3. The lowest BCUT2D eigenvalue weighted by Crippen LogP contribution is -2.28. The summed E-state index contributed by atoms with van der Waals surface area (Å²) in [5.41, 5.74) is 2.16. The molecular weight excluding hydrogens is 406 g/mol. The summed E-state index contributed by atoms with van der Waals surface area (Å²) in [5.74, 6) is 1.30. The number of carbonyl (C=O) groups excluding carboxylic acids is 1. The Morgan fingerprint density at radius 2 is 1.87 bits per heavy atom. The van der Waals surface area contributed by atoms with Crippen molar-refractivity contribution in [1.82, 2.24) is 14.8 Å². The minimum Gasteiger partial charge on any atom is -0.497 e. The number of methoxy groups -OCH3 is 2. The number of halogens is 1. The van der Waals surface area contributed by atoms with Crippen molar-refractivity contribution in [2.24, 2.45) is 0 Å². The summed E-state index contributed by atoms with van der Waals surface area (Å²) in [5, 5.41) is 11.3. The highest BCUT2D eigenvalue weighted by molar-refractivity contribution is 6.30. The predicted molar refractivity (Wildman–Crippen MR) is 114 cm³/mol. The van der Waals surface area contributed by atoms with Crippen LogP contribution in [0, 0.1) is 0 Å². The summed E-state index contributed by atoms with van der Waals surface area (Å²) in [6.07, 6.45) is 0.746. The third kappa shape index (κ3) is 4.24. The lowest BCUT2D eigenvalue weighted by molar-refractivity contribution is -0.119. The molecule has 0 saturated carbocycles. The number of hydrogen-bond acceptors (Lipinski definition) is 6. The van der Waals surface area contributed by atoms with Crippen LogP contribution in [0.2, 0.25) is 5.02 Å². The first-order valence-electron chi connectivity index (χ1n) is 9.48. The van der Waals surface area contributed by atoms with Crippen LogP contribution in [0.25, 0.3) is 0 Å². The average molecular weight is 428 g/mol. The third-order valence-corrected chi connectivity index (χ3v) is 5.24. The van der Waals surface area contributed by atoms with Crippen LogP contribution in [-0.2, 0) is 9.53 Å². The molecule has 2 heterocycles. The fourth-order valence-electron chi connectivity index (χ4n) is 3.54. The van der Waals surface area contributed by atoms with Crippen molar-refractivity contribution in [3.05, 3.63) is 64.7 Å². The molecule has 2 N–H and O–H groups in total. The van der Waals surface area contributed by atoms with Gasteiger partial charge >= 0.3 is 0 Å². The predicted octanol–water partition coefficient (Wildman–Crippen LogP) is 3.67. The normalized spacial score (nSPS) is 17.7. The number of amides is 1. The van der Waals surface area contributed by atoms with Crippen LogP contribution in [-0.4, -0.2) is 41.5 Å². The van der Waals surface area contributed by atoms with Gasteiger partial charge in [0, 0.05) is 12.1 Å². The maximum absolute atomic E-state index is 11.9. The quantitative estimate of drug-likeness (QED) is 0.623. The van der Waals surface area contributed by atoms with E-state index in [0.717, 1.165) is 23.3 Å². The summed E-state index contributed by atoms with van der Waals surface area (Å²) in [7, 11) is 3.11. The lowest BCUT2D eigenvalue weighted by atomic mass is 9.93. The molecule has 1 amide bonds. The zero-order valence-electron chi connectivity index (χ0n) is 16.6. The zero-order valence-corrected chi connectivity index (χ0v) is 17.4. The molecule has 0 saturated heterocycles. The number of benzene rings is 2. The molecule has 0 fully saturated rings. The van der Waals surface area contributed by atoms with Gasteiger partial charge in [-0.2, -0.15) is 4.98 Å². The summed E-state index contributed by atoms with van der Waals surface area (Å²) in [6, 6.07) is 15.6. The van der Waals surface area contributed by atoms with Crippen molar-refractivity contribution < 1.29 is 14.3 Å². The highest BCUT2D eigenvalue weighted by Gasteiger charge is 2.31. The average Bonchev–Trinajstić information content (AvgIpc) is 3.16. The number of nitrogens with zero attached hydrogens (tertiary/aromatic N) is 3. The Bertz CT molecular complexity index is 1020. The molecule has 0 spiro atoms. The Morgan fingerprint density at radius 1 is 1.17 bits per heavy atom. The van der Waals surface area contributed by atoms with E-state index < -0.39 is 0 Å². The molecule has 4 rings (SSSR count). The maximum Gasteiger partial charge on any atom is 0.252 e. The standard InChI is InChI=1S/C21H22ClN5O3/c1-29-12-19(28)24-20-25-21-23-17(13-5-9-16(30-2)10-6-13)11-18(27(21)26-20)14-3-7-15(22)8-4-14/h3-10,17-18H,11-12H2,1-2H3,(H2,23,24,25,26,28)/t17-,18+/m1/s1. The Morgan fingerprint density at radius 3 is 2.53 bits per heavy atom. The highest BCUT2D eigenvalue weighted by Crippen LogP contribution is 2.38. The van der Waals surface area contributed by atoms with Gasteiger partial charge in [0.2, 0.25) is 5.95 Å². The first-order chi connectivity index (χ1) is 14.6. The maximum atomic E-state index is 11.9. The molecular formula is C21H22ClN5O3. The molecule has 8 nitrogen and oxygen atoms in total. The van der Waals surface area contributed by atoms with Crippen LogP contribution in [0.3, 0.4) is 0 Å². The summed E-state index contributed by atoms with van der Waals surface area (Å²) >= 11 is 6.08. The fraction of sp³-hybridized carbons (Fsp3) is 0.286. The van der Waals surface area contributed by atoms with Crippen LogP contribution in [0.1, 0.15) is 29.6 Å². The topological polar surface area (TPSA) is 90.3 Å². The van der Waals surface area contributed by atoms with E-state index in [9.17, 15) is 4.79 Å². The van der Waals surface area contributed by atoms with Crippen LogP contribution >= 0.6 is 11.6 Å². The van der Waals surface area contributed by atoms with E-state index in [0.29, 0.717) is 11.0 Å². The van der Waals surface area contributed by atoms with Gasteiger partial charge in [-0.05, 0) is 41.8 Å². The molecule has 1 aromatic heterocycles. The van der Waals surface area contributed by atoms with Gasteiger partial charge in [-0.1, -0.05) is 35.9 Å². The number of hydrogen-bond donors (Lipinski definition) is 2. The number of nitrogens with one attached hydrogen (secondary N) is 2. The summed E-state index contributed by atoms with van der Waals surface area (Å²) in [6.45, 7) is -0.0631. The fourth-order valence-corrected chi connectivity index (χ4v) is 3.67. The lowest BCUT2D eigenvalue weighted by Gasteiger charge is -2.31. The van der Waals surface area contributed by atoms with Crippen molar-refractivity contribution in [2.75, 3.05) is 31.5 Å². The number of anilines is 2. The van der Waals surface area contributed by atoms with Crippen LogP contribution < -0.4 is 15.4 Å². The number of ether oxygens (including phenoxy) is 2. The first kappa shape index (κ1) is 20.2. The van der Waals surface area contributed by atoms with Crippen molar-refractivity contribution in [3.63, 3.8) is 0 Å². The van der Waals surface area contributed by atoms with E-state index in [1.807, 2.05) is 48.5 Å². The molecule has 2 atom stereocenters. The first-order valence-corrected chi connectivity index (χ1v) is 9.86. The SMILES string of the molecule is COCC(=O)Nc1nc2n(n1)[C@H](c1ccc(Cl)cc1)C[C@H](c1ccc(OC)cc1)N2. The van der Waals surface area contributed by atoms with Crippen molar-refractivity contribution in [3.8, 4) is 5.75 Å². The highest BCUT2D eigenvalue weighted by atomic mass is 35.5. The summed E-state index contributed by atoms with van der Waals surface area (Å²) in [4.78, 5) is 16.4. The third-order valence-electron chi connectivity index (χ3n) is 4.99. The van der Waals surface area contributed by atoms with Crippen molar-refractivity contribution in [2.45, 2.75) is 18.5 Å². The van der Waals surface area contributed by atoms with E-state index in [1.165, 1.54) is 7.11 Å². The van der Waals surface area contributed by atoms with Crippen molar-refractivity contribution >= 4 is 29.4 Å². The Balaban J connectivity index is 1.68. The minimum absolute atomic E-state index is 0.0100. The Hall–Kier alpha value is -3.10. The molecule has 0 bridgehead atoms. The van der Waals surface area contributed by atoms with Gasteiger partial charge in [0.05, 0.1) is 19.2 Å². The second-order valence-corrected chi connectivity index (χ2v) is 7.39. The largest absolute Gasteiger partial charge is 0.497 e. The number of fused-ring (bicyclic) bond motifs is 1. The molecule has 0 radical (unpaired) electrons. The molecule has 0 unspecified atom stereocenters. The smallest absolute Gasteiger partial charge is 0.252 e. The molecule has 0 aliphatic carbocycles. The van der Waals surface area contributed by atoms with Crippen LogP contribution in [0.15, 0.2) is 48.5 Å². The Kier molecular flexibility index (Phi) is 5.87. The molecule has 9 heteroatoms. The Labute approximate surface area is 179 Å². The van der Waals surface area contributed by atoms with Crippen LogP contribution in [0.5, 0.6) is 5.75 Å². The van der Waals surface area contributed by atoms with Gasteiger partial charge in [0.25, 0.3) is 11.9 Å². The van der Waals surface area contributed by atoms with E-state index in [-0.39, 0.29) is 30.5 Å². The van der Waals surface area contributed by atoms with Gasteiger partial charge in [0.1, 0.15) is 12.4 Å².